The van der Waals surface area contributed by atoms with E-state index in [2.05, 4.69) is 15.4 Å². The van der Waals surface area contributed by atoms with Gasteiger partial charge in [-0.2, -0.15) is 10.3 Å². The molecule has 0 saturated carbocycles. The van der Waals surface area contributed by atoms with Gasteiger partial charge in [-0.3, -0.25) is 0 Å². The number of halogens is 1. The molecule has 0 saturated heterocycles. The summed E-state index contributed by atoms with van der Waals surface area (Å²) in [6, 6.07) is 4.05. The molecule has 0 aliphatic carbocycles. The molecule has 2 rings (SSSR count). The average molecular weight is 293 g/mol. The second kappa shape index (κ2) is 6.83. The third kappa shape index (κ3) is 3.36. The summed E-state index contributed by atoms with van der Waals surface area (Å²) in [6.07, 6.45) is 0.806. The van der Waals surface area contributed by atoms with E-state index in [1.165, 1.54) is 18.2 Å². The number of hydrogen-bond acceptors (Lipinski definition) is 5. The lowest BCUT2D eigenvalue weighted by Crippen LogP contribution is -2.07. The van der Waals surface area contributed by atoms with Crippen LogP contribution in [-0.2, 0) is 4.74 Å². The van der Waals surface area contributed by atoms with Gasteiger partial charge >= 0.3 is 5.97 Å². The number of carbonyl (C=O) groups is 1. The Kier molecular flexibility index (Phi) is 4.86. The van der Waals surface area contributed by atoms with Crippen molar-refractivity contribution in [1.29, 1.82) is 0 Å². The molecule has 0 aliphatic rings. The van der Waals surface area contributed by atoms with Gasteiger partial charge in [0.25, 0.3) is 0 Å². The Bertz CT molecular complexity index is 628. The number of aromatic amines is 1. The SMILES string of the molecule is CCCOc1ccc(F)cc1-c1n[nH]nc1C(=O)OCC. The molecule has 7 heteroatoms. The van der Waals surface area contributed by atoms with Crippen LogP contribution in [0.4, 0.5) is 4.39 Å². The molecule has 112 valence electrons. The number of nitrogens with one attached hydrogen (secondary N) is 1. The fraction of sp³-hybridized carbons (Fsp3) is 0.357. The Morgan fingerprint density at radius 3 is 2.86 bits per heavy atom. The van der Waals surface area contributed by atoms with E-state index >= 15 is 0 Å². The predicted molar refractivity (Wildman–Crippen MR) is 73.5 cm³/mol. The molecule has 0 bridgehead atoms. The largest absolute Gasteiger partial charge is 0.493 e. The van der Waals surface area contributed by atoms with Crippen LogP contribution in [0.15, 0.2) is 18.2 Å². The van der Waals surface area contributed by atoms with Gasteiger partial charge in [0, 0.05) is 5.56 Å². The minimum Gasteiger partial charge on any atom is -0.493 e. The molecule has 1 aromatic heterocycles. The first-order chi connectivity index (χ1) is 10.2. The first-order valence-electron chi connectivity index (χ1n) is 6.68. The Labute approximate surface area is 121 Å². The molecule has 1 aromatic carbocycles. The number of carbonyl (C=O) groups excluding carboxylic acids is 1. The van der Waals surface area contributed by atoms with E-state index in [0.29, 0.717) is 17.9 Å². The van der Waals surface area contributed by atoms with Crippen molar-refractivity contribution in [2.75, 3.05) is 13.2 Å². The van der Waals surface area contributed by atoms with Crippen LogP contribution in [0.25, 0.3) is 11.3 Å². The number of H-pyrrole nitrogens is 1. The van der Waals surface area contributed by atoms with Crippen molar-refractivity contribution in [3.8, 4) is 17.0 Å². The minimum atomic E-state index is -0.619. The van der Waals surface area contributed by atoms with E-state index in [-0.39, 0.29) is 18.0 Å². The molecule has 0 atom stereocenters. The lowest BCUT2D eigenvalue weighted by Gasteiger charge is -2.10. The maximum absolute atomic E-state index is 13.5. The number of benzene rings is 1. The third-order valence-electron chi connectivity index (χ3n) is 2.68. The maximum atomic E-state index is 13.5. The summed E-state index contributed by atoms with van der Waals surface area (Å²) in [7, 11) is 0. The van der Waals surface area contributed by atoms with Crippen LogP contribution in [0.3, 0.4) is 0 Å². The molecule has 0 amide bonds. The third-order valence-corrected chi connectivity index (χ3v) is 2.68. The Hall–Kier alpha value is -2.44. The molecular weight excluding hydrogens is 277 g/mol. The van der Waals surface area contributed by atoms with E-state index in [1.807, 2.05) is 6.92 Å². The van der Waals surface area contributed by atoms with Gasteiger partial charge in [0.2, 0.25) is 0 Å². The summed E-state index contributed by atoms with van der Waals surface area (Å²) in [4.78, 5) is 11.8. The van der Waals surface area contributed by atoms with Crippen LogP contribution in [0, 0.1) is 5.82 Å². The zero-order valence-corrected chi connectivity index (χ0v) is 11.9. The molecule has 6 nitrogen and oxygen atoms in total. The van der Waals surface area contributed by atoms with Gasteiger partial charge in [-0.15, -0.1) is 5.10 Å². The highest BCUT2D eigenvalue weighted by Gasteiger charge is 2.22. The molecule has 1 N–H and O–H groups in total. The van der Waals surface area contributed by atoms with Gasteiger partial charge in [-0.05, 0) is 31.5 Å². The second-order valence-corrected chi connectivity index (χ2v) is 4.23. The molecule has 0 spiro atoms. The number of nitrogens with zero attached hydrogens (tertiary/aromatic N) is 2. The first kappa shape index (κ1) is 15.0. The highest BCUT2D eigenvalue weighted by molar-refractivity contribution is 5.94. The van der Waals surface area contributed by atoms with Crippen LogP contribution in [-0.4, -0.2) is 34.6 Å². The standard InChI is InChI=1S/C14H16FN3O3/c1-3-7-21-11-6-5-9(15)8-10(11)12-13(17-18-16-12)14(19)20-4-2/h5-6,8H,3-4,7H2,1-2H3,(H,16,17,18). The maximum Gasteiger partial charge on any atom is 0.361 e. The number of ether oxygens (including phenoxy) is 2. The van der Waals surface area contributed by atoms with E-state index in [0.717, 1.165) is 6.42 Å². The topological polar surface area (TPSA) is 77.1 Å². The molecule has 0 unspecified atom stereocenters. The fourth-order valence-electron chi connectivity index (χ4n) is 1.79. The fourth-order valence-corrected chi connectivity index (χ4v) is 1.79. The van der Waals surface area contributed by atoms with Crippen molar-refractivity contribution >= 4 is 5.97 Å². The lowest BCUT2D eigenvalue weighted by atomic mass is 10.1. The van der Waals surface area contributed by atoms with Crippen LogP contribution in [0.5, 0.6) is 5.75 Å². The molecule has 2 aromatic rings. The number of esters is 1. The van der Waals surface area contributed by atoms with Crippen molar-refractivity contribution in [3.63, 3.8) is 0 Å². The monoisotopic (exact) mass is 293 g/mol. The Morgan fingerprint density at radius 2 is 2.14 bits per heavy atom. The molecule has 0 fully saturated rings. The van der Waals surface area contributed by atoms with Gasteiger partial charge in [0.05, 0.1) is 13.2 Å². The highest BCUT2D eigenvalue weighted by atomic mass is 19.1. The molecule has 1 heterocycles. The van der Waals surface area contributed by atoms with Crippen molar-refractivity contribution < 1.29 is 18.7 Å². The van der Waals surface area contributed by atoms with Crippen molar-refractivity contribution in [1.82, 2.24) is 15.4 Å². The average Bonchev–Trinajstić information content (AvgIpc) is 2.95. The quantitative estimate of drug-likeness (QED) is 0.828. The summed E-state index contributed by atoms with van der Waals surface area (Å²) in [5.41, 5.74) is 0.572. The van der Waals surface area contributed by atoms with E-state index in [1.54, 1.807) is 6.92 Å². The van der Waals surface area contributed by atoms with Gasteiger partial charge < -0.3 is 9.47 Å². The van der Waals surface area contributed by atoms with E-state index < -0.39 is 11.8 Å². The summed E-state index contributed by atoms with van der Waals surface area (Å²) < 4.78 is 24.0. The predicted octanol–water partition coefficient (Wildman–Crippen LogP) is 2.58. The summed E-state index contributed by atoms with van der Waals surface area (Å²) in [5, 5.41) is 10.0. The first-order valence-corrected chi connectivity index (χ1v) is 6.68. The van der Waals surface area contributed by atoms with Crippen LogP contribution >= 0.6 is 0 Å². The zero-order chi connectivity index (χ0) is 15.2. The van der Waals surface area contributed by atoms with Crippen LogP contribution in [0.2, 0.25) is 0 Å². The molecule has 0 aliphatic heterocycles. The Morgan fingerprint density at radius 1 is 1.33 bits per heavy atom. The zero-order valence-electron chi connectivity index (χ0n) is 11.9. The molecule has 21 heavy (non-hydrogen) atoms. The van der Waals surface area contributed by atoms with Crippen molar-refractivity contribution in [3.05, 3.63) is 29.7 Å². The number of aromatic nitrogens is 3. The Balaban J connectivity index is 2.43. The minimum absolute atomic E-state index is 0.00352. The number of hydrogen-bond donors (Lipinski definition) is 1. The van der Waals surface area contributed by atoms with Gasteiger partial charge in [0.1, 0.15) is 17.3 Å². The smallest absolute Gasteiger partial charge is 0.361 e. The summed E-state index contributed by atoms with van der Waals surface area (Å²) in [5.74, 6) is -0.628. The lowest BCUT2D eigenvalue weighted by molar-refractivity contribution is 0.0520. The highest BCUT2D eigenvalue weighted by Crippen LogP contribution is 2.31. The van der Waals surface area contributed by atoms with Crippen LogP contribution in [0.1, 0.15) is 30.8 Å². The van der Waals surface area contributed by atoms with E-state index in [9.17, 15) is 9.18 Å². The van der Waals surface area contributed by atoms with Crippen molar-refractivity contribution in [2.24, 2.45) is 0 Å². The second-order valence-electron chi connectivity index (χ2n) is 4.23. The van der Waals surface area contributed by atoms with Gasteiger partial charge in [-0.1, -0.05) is 6.92 Å². The summed E-state index contributed by atoms with van der Waals surface area (Å²) in [6.45, 7) is 4.34. The molecule has 0 radical (unpaired) electrons. The molecular formula is C14H16FN3O3. The summed E-state index contributed by atoms with van der Waals surface area (Å²) >= 11 is 0. The van der Waals surface area contributed by atoms with Crippen molar-refractivity contribution in [2.45, 2.75) is 20.3 Å². The van der Waals surface area contributed by atoms with Gasteiger partial charge in [0.15, 0.2) is 5.69 Å². The van der Waals surface area contributed by atoms with E-state index in [4.69, 9.17) is 9.47 Å². The normalized spacial score (nSPS) is 10.4. The number of rotatable bonds is 6. The van der Waals surface area contributed by atoms with Gasteiger partial charge in [-0.25, -0.2) is 9.18 Å². The van der Waals surface area contributed by atoms with Crippen LogP contribution < -0.4 is 4.74 Å².